The molecule has 0 saturated carbocycles. The highest BCUT2D eigenvalue weighted by atomic mass is 16.6. The van der Waals surface area contributed by atoms with Crippen LogP contribution < -0.4 is 10.2 Å². The largest absolute Gasteiger partial charge is 0.467 e. The standard InChI is InChI=1S/C19H27N3O5/c1-4-11-19(2,18(24)27-3)20-17(23)14-9-12-21(13-10-14)15-7-5-6-8-16(15)22(25)26/h5-8,14H,4,9-13H2,1-3H3,(H,20,23). The smallest absolute Gasteiger partial charge is 0.331 e. The highest BCUT2D eigenvalue weighted by Gasteiger charge is 2.37. The van der Waals surface area contributed by atoms with Crippen molar-refractivity contribution in [3.63, 3.8) is 0 Å². The Morgan fingerprint density at radius 3 is 2.52 bits per heavy atom. The van der Waals surface area contributed by atoms with Crippen LogP contribution in [0.2, 0.25) is 0 Å². The first-order valence-electron chi connectivity index (χ1n) is 9.21. The Kier molecular flexibility index (Phi) is 6.76. The van der Waals surface area contributed by atoms with Crippen molar-refractivity contribution in [3.05, 3.63) is 34.4 Å². The number of methoxy groups -OCH3 is 1. The molecule has 0 bridgehead atoms. The number of benzene rings is 1. The number of esters is 1. The molecule has 1 unspecified atom stereocenters. The van der Waals surface area contributed by atoms with Crippen LogP contribution in [0.1, 0.15) is 39.5 Å². The van der Waals surface area contributed by atoms with Gasteiger partial charge in [-0.05, 0) is 32.3 Å². The van der Waals surface area contributed by atoms with E-state index in [9.17, 15) is 19.7 Å². The highest BCUT2D eigenvalue weighted by molar-refractivity contribution is 5.88. The third-order valence-electron chi connectivity index (χ3n) is 5.07. The second-order valence-corrected chi connectivity index (χ2v) is 7.07. The Hall–Kier alpha value is -2.64. The molecule has 0 radical (unpaired) electrons. The summed E-state index contributed by atoms with van der Waals surface area (Å²) in [5, 5.41) is 14.1. The van der Waals surface area contributed by atoms with Crippen molar-refractivity contribution < 1.29 is 19.2 Å². The number of hydrogen-bond donors (Lipinski definition) is 1. The lowest BCUT2D eigenvalue weighted by Crippen LogP contribution is -2.55. The first-order valence-corrected chi connectivity index (χ1v) is 9.21. The second kappa shape index (κ2) is 8.83. The number of rotatable bonds is 7. The lowest BCUT2D eigenvalue weighted by Gasteiger charge is -2.35. The number of amides is 1. The molecule has 148 valence electrons. The normalized spacial score (nSPS) is 17.1. The van der Waals surface area contributed by atoms with Crippen molar-refractivity contribution in [2.45, 2.75) is 45.1 Å². The van der Waals surface area contributed by atoms with Crippen LogP contribution in [0.25, 0.3) is 0 Å². The van der Waals surface area contributed by atoms with Crippen molar-refractivity contribution in [3.8, 4) is 0 Å². The minimum Gasteiger partial charge on any atom is -0.467 e. The van der Waals surface area contributed by atoms with Crippen LogP contribution in [0.15, 0.2) is 24.3 Å². The van der Waals surface area contributed by atoms with Gasteiger partial charge in [0.2, 0.25) is 5.91 Å². The van der Waals surface area contributed by atoms with Crippen LogP contribution >= 0.6 is 0 Å². The van der Waals surface area contributed by atoms with Gasteiger partial charge in [0.25, 0.3) is 5.69 Å². The van der Waals surface area contributed by atoms with Gasteiger partial charge in [0.1, 0.15) is 11.2 Å². The van der Waals surface area contributed by atoms with Gasteiger partial charge in [0.15, 0.2) is 0 Å². The number of anilines is 1. The predicted molar refractivity (Wildman–Crippen MR) is 102 cm³/mol. The summed E-state index contributed by atoms with van der Waals surface area (Å²) in [6.07, 6.45) is 2.38. The van der Waals surface area contributed by atoms with Crippen LogP contribution in [0.3, 0.4) is 0 Å². The lowest BCUT2D eigenvalue weighted by molar-refractivity contribution is -0.384. The molecule has 1 amide bonds. The SMILES string of the molecule is CCCC(C)(NC(=O)C1CCN(c2ccccc2[N+](=O)[O-])CC1)C(=O)OC. The Labute approximate surface area is 159 Å². The summed E-state index contributed by atoms with van der Waals surface area (Å²) in [6.45, 7) is 4.72. The zero-order valence-electron chi connectivity index (χ0n) is 16.1. The molecule has 0 aliphatic carbocycles. The molecule has 1 aliphatic heterocycles. The van der Waals surface area contributed by atoms with E-state index in [-0.39, 0.29) is 22.4 Å². The van der Waals surface area contributed by atoms with Crippen molar-refractivity contribution in [1.82, 2.24) is 5.32 Å². The molecule has 0 aromatic heterocycles. The van der Waals surface area contributed by atoms with Gasteiger partial charge in [-0.15, -0.1) is 0 Å². The van der Waals surface area contributed by atoms with E-state index in [1.807, 2.05) is 11.8 Å². The molecule has 1 aliphatic rings. The molecule has 1 aromatic carbocycles. The number of carbonyl (C=O) groups is 2. The fraction of sp³-hybridized carbons (Fsp3) is 0.579. The summed E-state index contributed by atoms with van der Waals surface area (Å²) in [5.74, 6) is -0.849. The molecule has 1 saturated heterocycles. The maximum absolute atomic E-state index is 12.7. The third-order valence-corrected chi connectivity index (χ3v) is 5.07. The minimum atomic E-state index is -1.03. The summed E-state index contributed by atoms with van der Waals surface area (Å²) >= 11 is 0. The number of piperidine rings is 1. The number of carbonyl (C=O) groups excluding carboxylic acids is 2. The Balaban J connectivity index is 2.02. The average Bonchev–Trinajstić information content (AvgIpc) is 2.67. The van der Waals surface area contributed by atoms with Crippen molar-refractivity contribution in [2.24, 2.45) is 5.92 Å². The van der Waals surface area contributed by atoms with Gasteiger partial charge in [0, 0.05) is 25.1 Å². The number of nitrogens with one attached hydrogen (secondary N) is 1. The van der Waals surface area contributed by atoms with E-state index in [1.54, 1.807) is 25.1 Å². The van der Waals surface area contributed by atoms with E-state index in [1.165, 1.54) is 13.2 Å². The number of nitro benzene ring substituents is 1. The zero-order chi connectivity index (χ0) is 20.0. The lowest BCUT2D eigenvalue weighted by atomic mass is 9.91. The molecular formula is C19H27N3O5. The number of hydrogen-bond acceptors (Lipinski definition) is 6. The van der Waals surface area contributed by atoms with Gasteiger partial charge in [0.05, 0.1) is 12.0 Å². The molecule has 1 fully saturated rings. The number of nitrogens with zero attached hydrogens (tertiary/aromatic N) is 2. The number of ether oxygens (including phenoxy) is 1. The van der Waals surface area contributed by atoms with Gasteiger partial charge >= 0.3 is 5.97 Å². The van der Waals surface area contributed by atoms with Crippen LogP contribution in [0.4, 0.5) is 11.4 Å². The summed E-state index contributed by atoms with van der Waals surface area (Å²) in [7, 11) is 1.31. The first kappa shape index (κ1) is 20.7. The van der Waals surface area contributed by atoms with Crippen LogP contribution in [-0.4, -0.2) is 42.5 Å². The maximum Gasteiger partial charge on any atom is 0.331 e. The summed E-state index contributed by atoms with van der Waals surface area (Å²) in [5.41, 5.74) is -0.385. The van der Waals surface area contributed by atoms with Gasteiger partial charge in [-0.25, -0.2) is 4.79 Å². The van der Waals surface area contributed by atoms with E-state index in [4.69, 9.17) is 4.74 Å². The predicted octanol–water partition coefficient (Wildman–Crippen LogP) is 2.66. The van der Waals surface area contributed by atoms with Crippen LogP contribution in [0.5, 0.6) is 0 Å². The number of nitro groups is 1. The molecular weight excluding hydrogens is 350 g/mol. The molecule has 1 heterocycles. The summed E-state index contributed by atoms with van der Waals surface area (Å²) < 4.78 is 4.84. The fourth-order valence-electron chi connectivity index (χ4n) is 3.58. The van der Waals surface area contributed by atoms with Gasteiger partial charge in [-0.1, -0.05) is 25.5 Å². The molecule has 1 aromatic rings. The molecule has 1 atom stereocenters. The molecule has 8 heteroatoms. The van der Waals surface area contributed by atoms with Crippen molar-refractivity contribution >= 4 is 23.3 Å². The molecule has 1 N–H and O–H groups in total. The van der Waals surface area contributed by atoms with E-state index < -0.39 is 11.5 Å². The number of para-hydroxylation sites is 2. The van der Waals surface area contributed by atoms with E-state index >= 15 is 0 Å². The molecule has 8 nitrogen and oxygen atoms in total. The fourth-order valence-corrected chi connectivity index (χ4v) is 3.58. The molecule has 2 rings (SSSR count). The van der Waals surface area contributed by atoms with Crippen molar-refractivity contribution in [1.29, 1.82) is 0 Å². The Bertz CT molecular complexity index is 700. The quantitative estimate of drug-likeness (QED) is 0.445. The van der Waals surface area contributed by atoms with E-state index in [0.29, 0.717) is 38.0 Å². The minimum absolute atomic E-state index is 0.0709. The maximum atomic E-state index is 12.7. The Morgan fingerprint density at radius 2 is 1.96 bits per heavy atom. The third kappa shape index (κ3) is 4.75. The van der Waals surface area contributed by atoms with Gasteiger partial charge < -0.3 is 15.0 Å². The second-order valence-electron chi connectivity index (χ2n) is 7.07. The van der Waals surface area contributed by atoms with Gasteiger partial charge in [-0.2, -0.15) is 0 Å². The summed E-state index contributed by atoms with van der Waals surface area (Å²) in [6, 6.07) is 6.63. The highest BCUT2D eigenvalue weighted by Crippen LogP contribution is 2.31. The topological polar surface area (TPSA) is 102 Å². The monoisotopic (exact) mass is 377 g/mol. The van der Waals surface area contributed by atoms with Crippen molar-refractivity contribution in [2.75, 3.05) is 25.1 Å². The van der Waals surface area contributed by atoms with E-state index in [0.717, 1.165) is 6.42 Å². The average molecular weight is 377 g/mol. The molecule has 0 spiro atoms. The van der Waals surface area contributed by atoms with Crippen LogP contribution in [0, 0.1) is 16.0 Å². The first-order chi connectivity index (χ1) is 12.8. The zero-order valence-corrected chi connectivity index (χ0v) is 16.1. The Morgan fingerprint density at radius 1 is 1.33 bits per heavy atom. The van der Waals surface area contributed by atoms with E-state index in [2.05, 4.69) is 5.32 Å². The molecule has 27 heavy (non-hydrogen) atoms. The summed E-state index contributed by atoms with van der Waals surface area (Å²) in [4.78, 5) is 37.5. The van der Waals surface area contributed by atoms with Crippen LogP contribution in [-0.2, 0) is 14.3 Å². The van der Waals surface area contributed by atoms with Gasteiger partial charge in [-0.3, -0.25) is 14.9 Å².